The Labute approximate surface area is 99.4 Å². The largest absolute Gasteiger partial charge is 0.290 e. The first-order valence-electron chi connectivity index (χ1n) is 5.26. The van der Waals surface area contributed by atoms with Crippen molar-refractivity contribution in [3.05, 3.63) is 41.6 Å². The number of aryl methyl sites for hydroxylation is 2. The highest BCUT2D eigenvalue weighted by Gasteiger charge is 2.05. The number of benzene rings is 1. The van der Waals surface area contributed by atoms with E-state index in [1.807, 2.05) is 49.7 Å². The van der Waals surface area contributed by atoms with Crippen LogP contribution in [0.3, 0.4) is 0 Å². The third-order valence-corrected chi connectivity index (χ3v) is 2.35. The number of rotatable bonds is 3. The summed E-state index contributed by atoms with van der Waals surface area (Å²) in [5.74, 6) is 0.660. The Bertz CT molecular complexity index is 528. The molecule has 0 atom stereocenters. The van der Waals surface area contributed by atoms with Crippen LogP contribution >= 0.6 is 0 Å². The van der Waals surface area contributed by atoms with E-state index in [1.54, 1.807) is 4.68 Å². The third-order valence-electron chi connectivity index (χ3n) is 2.35. The zero-order valence-electron chi connectivity index (χ0n) is 9.75. The zero-order valence-corrected chi connectivity index (χ0v) is 9.75. The fourth-order valence-corrected chi connectivity index (χ4v) is 1.55. The first-order valence-corrected chi connectivity index (χ1v) is 5.26. The summed E-state index contributed by atoms with van der Waals surface area (Å²) in [4.78, 5) is 4.06. The van der Waals surface area contributed by atoms with E-state index in [0.717, 1.165) is 11.4 Å². The second-order valence-corrected chi connectivity index (χ2v) is 3.78. The van der Waals surface area contributed by atoms with E-state index in [9.17, 15) is 0 Å². The molecule has 5 heteroatoms. The van der Waals surface area contributed by atoms with E-state index in [1.165, 1.54) is 11.9 Å². The molecule has 0 aliphatic carbocycles. The summed E-state index contributed by atoms with van der Waals surface area (Å²) in [6.07, 6.45) is 1.21. The summed E-state index contributed by atoms with van der Waals surface area (Å²) in [7, 11) is 0. The van der Waals surface area contributed by atoms with Crippen LogP contribution in [0.1, 0.15) is 11.3 Å². The second kappa shape index (κ2) is 4.80. The number of nitrogens with zero attached hydrogens (tertiary/aromatic N) is 3. The molecule has 0 amide bonds. The minimum atomic E-state index is 0.660. The van der Waals surface area contributed by atoms with Gasteiger partial charge in [0.2, 0.25) is 0 Å². The number of nitrogens with one attached hydrogen (secondary N) is 1. The lowest BCUT2D eigenvalue weighted by Crippen LogP contribution is -2.02. The van der Waals surface area contributed by atoms with Crippen LogP contribution < -0.4 is 5.48 Å². The van der Waals surface area contributed by atoms with Gasteiger partial charge in [-0.2, -0.15) is 5.10 Å². The van der Waals surface area contributed by atoms with Crippen molar-refractivity contribution in [1.29, 1.82) is 0 Å². The van der Waals surface area contributed by atoms with Crippen LogP contribution in [-0.4, -0.2) is 21.3 Å². The van der Waals surface area contributed by atoms with E-state index < -0.39 is 0 Å². The lowest BCUT2D eigenvalue weighted by atomic mass is 10.2. The van der Waals surface area contributed by atoms with Crippen molar-refractivity contribution in [2.75, 3.05) is 0 Å². The number of hydrogen-bond donors (Lipinski definition) is 2. The smallest absolute Gasteiger partial charge is 0.157 e. The third kappa shape index (κ3) is 2.51. The molecule has 0 aliphatic rings. The highest BCUT2D eigenvalue weighted by molar-refractivity contribution is 5.59. The van der Waals surface area contributed by atoms with Crippen molar-refractivity contribution in [1.82, 2.24) is 15.3 Å². The van der Waals surface area contributed by atoms with Crippen molar-refractivity contribution in [2.45, 2.75) is 13.8 Å². The number of hydrogen-bond acceptors (Lipinski definition) is 3. The van der Waals surface area contributed by atoms with Gasteiger partial charge in [0.25, 0.3) is 0 Å². The van der Waals surface area contributed by atoms with Gasteiger partial charge < -0.3 is 0 Å². The standard InChI is InChI=1S/C12H14N4O/c1-9-3-5-11(6-4-9)16-12(13-8-14-17)7-10(2)15-16/h3-8,17H,1-2H3,(H,13,14). The summed E-state index contributed by atoms with van der Waals surface area (Å²) < 4.78 is 1.72. The van der Waals surface area contributed by atoms with E-state index in [2.05, 4.69) is 10.1 Å². The number of aromatic nitrogens is 2. The van der Waals surface area contributed by atoms with E-state index in [0.29, 0.717) is 5.82 Å². The van der Waals surface area contributed by atoms with Gasteiger partial charge in [0.1, 0.15) is 6.34 Å². The summed E-state index contributed by atoms with van der Waals surface area (Å²) >= 11 is 0. The van der Waals surface area contributed by atoms with Crippen LogP contribution in [-0.2, 0) is 0 Å². The fourth-order valence-electron chi connectivity index (χ4n) is 1.55. The van der Waals surface area contributed by atoms with E-state index in [4.69, 9.17) is 5.21 Å². The van der Waals surface area contributed by atoms with Crippen LogP contribution in [0.2, 0.25) is 0 Å². The predicted molar refractivity (Wildman–Crippen MR) is 66.1 cm³/mol. The number of hydroxylamine groups is 1. The lowest BCUT2D eigenvalue weighted by molar-refractivity contribution is 0.240. The van der Waals surface area contributed by atoms with Gasteiger partial charge in [-0.1, -0.05) is 17.7 Å². The maximum Gasteiger partial charge on any atom is 0.157 e. The second-order valence-electron chi connectivity index (χ2n) is 3.78. The monoisotopic (exact) mass is 230 g/mol. The number of aliphatic imine (C=N–C) groups is 1. The van der Waals surface area contributed by atoms with Crippen molar-refractivity contribution in [3.63, 3.8) is 0 Å². The zero-order chi connectivity index (χ0) is 12.3. The van der Waals surface area contributed by atoms with Crippen LogP contribution in [0, 0.1) is 13.8 Å². The van der Waals surface area contributed by atoms with Crippen LogP contribution in [0.4, 0.5) is 5.82 Å². The summed E-state index contributed by atoms with van der Waals surface area (Å²) in [5.41, 5.74) is 4.88. The molecule has 2 rings (SSSR count). The fraction of sp³-hybridized carbons (Fsp3) is 0.167. The summed E-state index contributed by atoms with van der Waals surface area (Å²) in [6.45, 7) is 3.93. The normalized spacial score (nSPS) is 11.0. The first-order chi connectivity index (χ1) is 8.20. The molecule has 0 aliphatic heterocycles. The molecule has 17 heavy (non-hydrogen) atoms. The van der Waals surface area contributed by atoms with Gasteiger partial charge in [0.15, 0.2) is 5.82 Å². The highest BCUT2D eigenvalue weighted by Crippen LogP contribution is 2.19. The van der Waals surface area contributed by atoms with Gasteiger partial charge in [-0.3, -0.25) is 10.7 Å². The molecule has 0 unspecified atom stereocenters. The maximum absolute atomic E-state index is 8.50. The Morgan fingerprint density at radius 1 is 1.29 bits per heavy atom. The van der Waals surface area contributed by atoms with E-state index in [-0.39, 0.29) is 0 Å². The SMILES string of the molecule is Cc1ccc(-n2nc(C)cc2/N=C/NO)cc1. The average Bonchev–Trinajstić information content (AvgIpc) is 2.69. The topological polar surface area (TPSA) is 62.4 Å². The molecule has 0 spiro atoms. The molecule has 2 aromatic rings. The van der Waals surface area contributed by atoms with E-state index >= 15 is 0 Å². The van der Waals surface area contributed by atoms with Crippen LogP contribution in [0.25, 0.3) is 5.69 Å². The summed E-state index contributed by atoms with van der Waals surface area (Å²) in [5, 5.41) is 12.9. The molecule has 1 aromatic heterocycles. The molecular weight excluding hydrogens is 216 g/mol. The Morgan fingerprint density at radius 3 is 2.65 bits per heavy atom. The molecule has 0 saturated heterocycles. The predicted octanol–water partition coefficient (Wildman–Crippen LogP) is 2.13. The molecule has 88 valence electrons. The molecule has 2 N–H and O–H groups in total. The molecular formula is C12H14N4O. The minimum absolute atomic E-state index is 0.660. The van der Waals surface area contributed by atoms with Crippen molar-refractivity contribution < 1.29 is 5.21 Å². The van der Waals surface area contributed by atoms with Gasteiger partial charge >= 0.3 is 0 Å². The van der Waals surface area contributed by atoms with Gasteiger partial charge in [-0.25, -0.2) is 9.67 Å². The maximum atomic E-state index is 8.50. The molecule has 0 bridgehead atoms. The van der Waals surface area contributed by atoms with Gasteiger partial charge in [-0.15, -0.1) is 0 Å². The van der Waals surface area contributed by atoms with Crippen molar-refractivity contribution >= 4 is 12.2 Å². The Hall–Kier alpha value is -2.14. The average molecular weight is 230 g/mol. The Morgan fingerprint density at radius 2 is 2.00 bits per heavy atom. The molecule has 1 aromatic carbocycles. The quantitative estimate of drug-likeness (QED) is 0.482. The molecule has 5 nitrogen and oxygen atoms in total. The van der Waals surface area contributed by atoms with Crippen molar-refractivity contribution in [3.8, 4) is 5.69 Å². The summed E-state index contributed by atoms with van der Waals surface area (Å²) in [6, 6.07) is 9.84. The lowest BCUT2D eigenvalue weighted by Gasteiger charge is -2.04. The van der Waals surface area contributed by atoms with Crippen LogP contribution in [0.5, 0.6) is 0 Å². The van der Waals surface area contributed by atoms with Gasteiger partial charge in [0, 0.05) is 6.07 Å². The molecule has 0 saturated carbocycles. The Balaban J connectivity index is 2.43. The first kappa shape index (κ1) is 11.3. The van der Waals surface area contributed by atoms with Gasteiger partial charge in [-0.05, 0) is 26.0 Å². The van der Waals surface area contributed by atoms with Crippen LogP contribution in [0.15, 0.2) is 35.3 Å². The minimum Gasteiger partial charge on any atom is -0.290 e. The molecule has 0 radical (unpaired) electrons. The Kier molecular flexibility index (Phi) is 3.20. The molecule has 1 heterocycles. The highest BCUT2D eigenvalue weighted by atomic mass is 16.5. The molecule has 0 fully saturated rings. The van der Waals surface area contributed by atoms with Gasteiger partial charge in [0.05, 0.1) is 11.4 Å². The van der Waals surface area contributed by atoms with Crippen molar-refractivity contribution in [2.24, 2.45) is 4.99 Å².